The zero-order chi connectivity index (χ0) is 15.2. The normalized spacial score (nSPS) is 9.90. The van der Waals surface area contributed by atoms with Crippen molar-refractivity contribution in [1.82, 2.24) is 0 Å². The molecule has 0 aliphatic heterocycles. The second-order valence-corrected chi connectivity index (χ2v) is 4.28. The molecule has 2 rings (SSSR count). The van der Waals surface area contributed by atoms with Gasteiger partial charge in [-0.25, -0.2) is 4.79 Å². The van der Waals surface area contributed by atoms with E-state index < -0.39 is 12.6 Å². The number of amides is 1. The monoisotopic (exact) mass is 286 g/mol. The maximum atomic E-state index is 12.0. The van der Waals surface area contributed by atoms with Crippen LogP contribution in [0.15, 0.2) is 48.5 Å². The molecule has 0 aromatic heterocycles. The van der Waals surface area contributed by atoms with E-state index in [0.717, 1.165) is 0 Å². The predicted octanol–water partition coefficient (Wildman–Crippen LogP) is 1.98. The molecule has 0 saturated heterocycles. The number of nitrogens with two attached hydrogens (primary N) is 1. The molecule has 6 heteroatoms. The van der Waals surface area contributed by atoms with Crippen LogP contribution in [0.2, 0.25) is 0 Å². The molecule has 0 bridgehead atoms. The molecule has 4 N–H and O–H groups in total. The van der Waals surface area contributed by atoms with E-state index >= 15 is 0 Å². The molecule has 0 fully saturated rings. The zero-order valence-corrected chi connectivity index (χ0v) is 11.1. The molecule has 108 valence electrons. The van der Waals surface area contributed by atoms with E-state index in [0.29, 0.717) is 22.7 Å². The first-order valence-electron chi connectivity index (χ1n) is 6.16. The maximum absolute atomic E-state index is 12.0. The number of benzene rings is 2. The highest BCUT2D eigenvalue weighted by Gasteiger charge is 2.06. The van der Waals surface area contributed by atoms with Crippen LogP contribution in [0.3, 0.4) is 0 Å². The number of ether oxygens (including phenoxy) is 1. The Kier molecular flexibility index (Phi) is 4.40. The summed E-state index contributed by atoms with van der Waals surface area (Å²) in [7, 11) is 0. The average Bonchev–Trinajstić information content (AvgIpc) is 2.47. The first kappa shape index (κ1) is 14.4. The van der Waals surface area contributed by atoms with E-state index in [4.69, 9.17) is 15.6 Å². The smallest absolute Gasteiger partial charge is 0.341 e. The Labute approximate surface area is 121 Å². The first-order valence-corrected chi connectivity index (χ1v) is 6.16. The molecule has 0 saturated carbocycles. The minimum atomic E-state index is -1.05. The number of carbonyl (C=O) groups excluding carboxylic acids is 1. The highest BCUT2D eigenvalue weighted by Crippen LogP contribution is 2.16. The molecule has 21 heavy (non-hydrogen) atoms. The summed E-state index contributed by atoms with van der Waals surface area (Å²) in [6, 6.07) is 13.0. The van der Waals surface area contributed by atoms with Crippen LogP contribution in [0.25, 0.3) is 0 Å². The van der Waals surface area contributed by atoms with Crippen LogP contribution in [0.4, 0.5) is 11.4 Å². The topological polar surface area (TPSA) is 102 Å². The van der Waals surface area contributed by atoms with E-state index in [1.807, 2.05) is 0 Å². The van der Waals surface area contributed by atoms with Gasteiger partial charge < -0.3 is 20.9 Å². The van der Waals surface area contributed by atoms with Crippen LogP contribution < -0.4 is 15.8 Å². The van der Waals surface area contributed by atoms with Gasteiger partial charge in [0.05, 0.1) is 0 Å². The van der Waals surface area contributed by atoms with Crippen molar-refractivity contribution in [1.29, 1.82) is 0 Å². The fourth-order valence-electron chi connectivity index (χ4n) is 1.62. The molecule has 0 aliphatic carbocycles. The van der Waals surface area contributed by atoms with Crippen LogP contribution >= 0.6 is 0 Å². The number of carbonyl (C=O) groups is 2. The van der Waals surface area contributed by atoms with Gasteiger partial charge in [-0.2, -0.15) is 0 Å². The van der Waals surface area contributed by atoms with Crippen LogP contribution in [-0.2, 0) is 4.79 Å². The minimum absolute atomic E-state index is 0.255. The SMILES string of the molecule is Nc1ccc(C(=O)Nc2ccc(OCC(=O)O)cc2)cc1. The van der Waals surface area contributed by atoms with E-state index in [-0.39, 0.29) is 5.91 Å². The number of carboxylic acid groups (broad SMARTS) is 1. The van der Waals surface area contributed by atoms with Crippen LogP contribution in [0.1, 0.15) is 10.4 Å². The van der Waals surface area contributed by atoms with Crippen molar-refractivity contribution in [2.45, 2.75) is 0 Å². The molecule has 0 heterocycles. The average molecular weight is 286 g/mol. The molecular weight excluding hydrogens is 272 g/mol. The molecule has 1 amide bonds. The van der Waals surface area contributed by atoms with Crippen molar-refractivity contribution in [3.63, 3.8) is 0 Å². The standard InChI is InChI=1S/C15H14N2O4/c16-11-3-1-10(2-4-11)15(20)17-12-5-7-13(8-6-12)21-9-14(18)19/h1-8H,9,16H2,(H,17,20)(H,18,19). The van der Waals surface area contributed by atoms with E-state index in [2.05, 4.69) is 5.32 Å². The summed E-state index contributed by atoms with van der Waals surface area (Å²) in [5, 5.41) is 11.2. The Hall–Kier alpha value is -3.02. The quantitative estimate of drug-likeness (QED) is 0.729. The minimum Gasteiger partial charge on any atom is -0.482 e. The lowest BCUT2D eigenvalue weighted by Gasteiger charge is -2.07. The highest BCUT2D eigenvalue weighted by atomic mass is 16.5. The fourth-order valence-corrected chi connectivity index (χ4v) is 1.62. The van der Waals surface area contributed by atoms with Crippen molar-refractivity contribution in [3.8, 4) is 5.75 Å². The summed E-state index contributed by atoms with van der Waals surface area (Å²) in [5.74, 6) is -0.882. The lowest BCUT2D eigenvalue weighted by Crippen LogP contribution is -2.12. The van der Waals surface area contributed by atoms with Crippen LogP contribution in [-0.4, -0.2) is 23.6 Å². The summed E-state index contributed by atoms with van der Waals surface area (Å²) >= 11 is 0. The number of nitrogen functional groups attached to an aromatic ring is 1. The van der Waals surface area contributed by atoms with Gasteiger partial charge >= 0.3 is 5.97 Å². The summed E-state index contributed by atoms with van der Waals surface area (Å²) in [6.45, 7) is -0.406. The number of hydrogen-bond acceptors (Lipinski definition) is 4. The molecule has 0 radical (unpaired) electrons. The van der Waals surface area contributed by atoms with Crippen molar-refractivity contribution in [2.24, 2.45) is 0 Å². The molecular formula is C15H14N2O4. The van der Waals surface area contributed by atoms with Crippen molar-refractivity contribution in [2.75, 3.05) is 17.7 Å². The zero-order valence-electron chi connectivity index (χ0n) is 11.1. The molecule has 2 aromatic rings. The summed E-state index contributed by atoms with van der Waals surface area (Å²) in [4.78, 5) is 22.3. The molecule has 0 spiro atoms. The number of nitrogens with one attached hydrogen (secondary N) is 1. The van der Waals surface area contributed by atoms with Crippen LogP contribution in [0, 0.1) is 0 Å². The Morgan fingerprint density at radius 1 is 1.05 bits per heavy atom. The fraction of sp³-hybridized carbons (Fsp3) is 0.0667. The highest BCUT2D eigenvalue weighted by molar-refractivity contribution is 6.04. The first-order chi connectivity index (χ1) is 10.0. The van der Waals surface area contributed by atoms with Gasteiger partial charge in [0.15, 0.2) is 6.61 Å². The number of anilines is 2. The van der Waals surface area contributed by atoms with Gasteiger partial charge in [-0.15, -0.1) is 0 Å². The second-order valence-electron chi connectivity index (χ2n) is 4.28. The third-order valence-corrected chi connectivity index (χ3v) is 2.65. The Bertz CT molecular complexity index is 636. The van der Waals surface area contributed by atoms with Gasteiger partial charge in [-0.1, -0.05) is 0 Å². The third-order valence-electron chi connectivity index (χ3n) is 2.65. The predicted molar refractivity (Wildman–Crippen MR) is 78.4 cm³/mol. The lowest BCUT2D eigenvalue weighted by molar-refractivity contribution is -0.139. The summed E-state index contributed by atoms with van der Waals surface area (Å²) in [5.41, 5.74) is 7.23. The van der Waals surface area contributed by atoms with Gasteiger partial charge in [0.25, 0.3) is 5.91 Å². The summed E-state index contributed by atoms with van der Waals surface area (Å²) in [6.07, 6.45) is 0. The third kappa shape index (κ3) is 4.24. The van der Waals surface area contributed by atoms with Gasteiger partial charge in [0.1, 0.15) is 5.75 Å². The van der Waals surface area contributed by atoms with E-state index in [1.54, 1.807) is 48.5 Å². The van der Waals surface area contributed by atoms with Gasteiger partial charge in [-0.3, -0.25) is 4.79 Å². The second kappa shape index (κ2) is 6.42. The van der Waals surface area contributed by atoms with E-state index in [1.165, 1.54) is 0 Å². The number of hydrogen-bond donors (Lipinski definition) is 3. The van der Waals surface area contributed by atoms with E-state index in [9.17, 15) is 9.59 Å². The lowest BCUT2D eigenvalue weighted by atomic mass is 10.2. The summed E-state index contributed by atoms with van der Waals surface area (Å²) < 4.78 is 5.00. The number of carboxylic acids is 1. The Morgan fingerprint density at radius 3 is 2.24 bits per heavy atom. The molecule has 2 aromatic carbocycles. The molecule has 0 unspecified atom stereocenters. The van der Waals surface area contributed by atoms with Crippen molar-refractivity contribution in [3.05, 3.63) is 54.1 Å². The van der Waals surface area contributed by atoms with Crippen molar-refractivity contribution >= 4 is 23.3 Å². The molecule has 0 atom stereocenters. The number of rotatable bonds is 5. The van der Waals surface area contributed by atoms with Gasteiger partial charge in [0, 0.05) is 16.9 Å². The van der Waals surface area contributed by atoms with Crippen LogP contribution in [0.5, 0.6) is 5.75 Å². The van der Waals surface area contributed by atoms with Gasteiger partial charge in [-0.05, 0) is 48.5 Å². The molecule has 0 aliphatic rings. The van der Waals surface area contributed by atoms with Gasteiger partial charge in [0.2, 0.25) is 0 Å². The largest absolute Gasteiger partial charge is 0.482 e. The van der Waals surface area contributed by atoms with Crippen molar-refractivity contribution < 1.29 is 19.4 Å². The Morgan fingerprint density at radius 2 is 1.67 bits per heavy atom. The number of aliphatic carboxylic acids is 1. The Balaban J connectivity index is 1.98. The maximum Gasteiger partial charge on any atom is 0.341 e. The molecule has 6 nitrogen and oxygen atoms in total.